The molecule has 0 aromatic carbocycles. The second-order valence-corrected chi connectivity index (χ2v) is 6.11. The third-order valence-electron chi connectivity index (χ3n) is 4.33. The van der Waals surface area contributed by atoms with Crippen molar-refractivity contribution in [1.29, 1.82) is 0 Å². The van der Waals surface area contributed by atoms with E-state index in [2.05, 4.69) is 24.1 Å². The number of carbonyl (C=O) groups excluding carboxylic acids is 1. The molecular formula is C14H27N3O2. The zero-order valence-corrected chi connectivity index (χ0v) is 12.1. The standard InChI is InChI=1S/C14H27N3O2/c1-10(2)13(17-5-3-4-6-17)7-16-14(18)11-8-19-9-12(11)15/h10-13H,3-9,15H2,1-2H3,(H,16,18). The first-order valence-electron chi connectivity index (χ1n) is 7.44. The molecule has 2 fully saturated rings. The van der Waals surface area contributed by atoms with E-state index in [0.29, 0.717) is 25.2 Å². The van der Waals surface area contributed by atoms with Gasteiger partial charge in [-0.1, -0.05) is 13.8 Å². The Labute approximate surface area is 115 Å². The lowest BCUT2D eigenvalue weighted by atomic mass is 10.0. The van der Waals surface area contributed by atoms with Crippen LogP contribution in [0.5, 0.6) is 0 Å². The van der Waals surface area contributed by atoms with Crippen LogP contribution < -0.4 is 11.1 Å². The minimum Gasteiger partial charge on any atom is -0.379 e. The van der Waals surface area contributed by atoms with Crippen molar-refractivity contribution in [3.8, 4) is 0 Å². The van der Waals surface area contributed by atoms with Gasteiger partial charge in [0.15, 0.2) is 0 Å². The van der Waals surface area contributed by atoms with Crippen LogP contribution in [0, 0.1) is 11.8 Å². The van der Waals surface area contributed by atoms with Crippen molar-refractivity contribution in [3.63, 3.8) is 0 Å². The van der Waals surface area contributed by atoms with Crippen LogP contribution in [0.2, 0.25) is 0 Å². The summed E-state index contributed by atoms with van der Waals surface area (Å²) in [7, 11) is 0. The van der Waals surface area contributed by atoms with Gasteiger partial charge in [-0.15, -0.1) is 0 Å². The van der Waals surface area contributed by atoms with Crippen LogP contribution in [0.1, 0.15) is 26.7 Å². The number of hydrogen-bond donors (Lipinski definition) is 2. The zero-order valence-electron chi connectivity index (χ0n) is 12.1. The van der Waals surface area contributed by atoms with E-state index in [1.54, 1.807) is 0 Å². The highest BCUT2D eigenvalue weighted by Gasteiger charge is 2.32. The van der Waals surface area contributed by atoms with Gasteiger partial charge in [-0.2, -0.15) is 0 Å². The molecule has 1 amide bonds. The number of rotatable bonds is 5. The van der Waals surface area contributed by atoms with Gasteiger partial charge >= 0.3 is 0 Å². The van der Waals surface area contributed by atoms with E-state index in [-0.39, 0.29) is 17.9 Å². The topological polar surface area (TPSA) is 67.6 Å². The highest BCUT2D eigenvalue weighted by Crippen LogP contribution is 2.18. The van der Waals surface area contributed by atoms with Gasteiger partial charge in [-0.3, -0.25) is 9.69 Å². The van der Waals surface area contributed by atoms with Crippen LogP contribution in [-0.4, -0.2) is 55.7 Å². The van der Waals surface area contributed by atoms with Crippen LogP contribution in [-0.2, 0) is 9.53 Å². The molecule has 0 aromatic heterocycles. The molecule has 0 bridgehead atoms. The second-order valence-electron chi connectivity index (χ2n) is 6.11. The molecule has 2 heterocycles. The minimum absolute atomic E-state index is 0.0508. The number of nitrogens with one attached hydrogen (secondary N) is 1. The Morgan fingerprint density at radius 3 is 2.58 bits per heavy atom. The Balaban J connectivity index is 1.82. The molecular weight excluding hydrogens is 242 g/mol. The van der Waals surface area contributed by atoms with Gasteiger partial charge in [0, 0.05) is 18.6 Å². The third-order valence-corrected chi connectivity index (χ3v) is 4.33. The average Bonchev–Trinajstić information content (AvgIpc) is 3.00. The van der Waals surface area contributed by atoms with Crippen LogP contribution in [0.4, 0.5) is 0 Å². The van der Waals surface area contributed by atoms with Crippen LogP contribution >= 0.6 is 0 Å². The Hall–Kier alpha value is -0.650. The highest BCUT2D eigenvalue weighted by molar-refractivity contribution is 5.79. The predicted molar refractivity (Wildman–Crippen MR) is 74.7 cm³/mol. The van der Waals surface area contributed by atoms with Gasteiger partial charge in [0.2, 0.25) is 5.91 Å². The Kier molecular flexibility index (Phi) is 5.19. The fourth-order valence-electron chi connectivity index (χ4n) is 3.04. The average molecular weight is 269 g/mol. The number of nitrogens with two attached hydrogens (primary N) is 1. The van der Waals surface area contributed by atoms with E-state index in [4.69, 9.17) is 10.5 Å². The van der Waals surface area contributed by atoms with Crippen molar-refractivity contribution in [1.82, 2.24) is 10.2 Å². The fraction of sp³-hybridized carbons (Fsp3) is 0.929. The first-order chi connectivity index (χ1) is 9.09. The Morgan fingerprint density at radius 1 is 1.37 bits per heavy atom. The first kappa shape index (κ1) is 14.8. The van der Waals surface area contributed by atoms with Crippen molar-refractivity contribution in [2.45, 2.75) is 38.8 Å². The number of carbonyl (C=O) groups is 1. The maximum absolute atomic E-state index is 12.1. The molecule has 0 saturated carbocycles. The summed E-state index contributed by atoms with van der Waals surface area (Å²) >= 11 is 0. The summed E-state index contributed by atoms with van der Waals surface area (Å²) in [6.07, 6.45) is 2.55. The van der Waals surface area contributed by atoms with Crippen LogP contribution in [0.25, 0.3) is 0 Å². The number of amides is 1. The Morgan fingerprint density at radius 2 is 2.05 bits per heavy atom. The van der Waals surface area contributed by atoms with E-state index in [1.165, 1.54) is 12.8 Å². The predicted octanol–water partition coefficient (Wildman–Crippen LogP) is 0.197. The minimum atomic E-state index is -0.175. The molecule has 3 atom stereocenters. The van der Waals surface area contributed by atoms with E-state index in [1.807, 2.05) is 0 Å². The van der Waals surface area contributed by atoms with E-state index >= 15 is 0 Å². The van der Waals surface area contributed by atoms with Crippen LogP contribution in [0.3, 0.4) is 0 Å². The van der Waals surface area contributed by atoms with E-state index in [9.17, 15) is 4.79 Å². The highest BCUT2D eigenvalue weighted by atomic mass is 16.5. The molecule has 0 spiro atoms. The third kappa shape index (κ3) is 3.68. The molecule has 5 heteroatoms. The lowest BCUT2D eigenvalue weighted by Gasteiger charge is -2.31. The van der Waals surface area contributed by atoms with Crippen LogP contribution in [0.15, 0.2) is 0 Å². The first-order valence-corrected chi connectivity index (χ1v) is 7.44. The summed E-state index contributed by atoms with van der Waals surface area (Å²) in [6, 6.07) is 0.286. The molecule has 3 N–H and O–H groups in total. The summed E-state index contributed by atoms with van der Waals surface area (Å²) < 4.78 is 5.25. The summed E-state index contributed by atoms with van der Waals surface area (Å²) in [5.74, 6) is 0.424. The lowest BCUT2D eigenvalue weighted by molar-refractivity contribution is -0.125. The summed E-state index contributed by atoms with van der Waals surface area (Å²) in [6.45, 7) is 8.44. The lowest BCUT2D eigenvalue weighted by Crippen LogP contribution is -2.48. The summed E-state index contributed by atoms with van der Waals surface area (Å²) in [5, 5.41) is 3.07. The molecule has 2 aliphatic rings. The molecule has 2 aliphatic heterocycles. The van der Waals surface area contributed by atoms with Gasteiger partial charge in [0.05, 0.1) is 19.1 Å². The molecule has 0 aliphatic carbocycles. The maximum atomic E-state index is 12.1. The summed E-state index contributed by atoms with van der Waals surface area (Å²) in [4.78, 5) is 14.6. The molecule has 19 heavy (non-hydrogen) atoms. The maximum Gasteiger partial charge on any atom is 0.227 e. The molecule has 5 nitrogen and oxygen atoms in total. The quantitative estimate of drug-likeness (QED) is 0.748. The molecule has 3 unspecified atom stereocenters. The van der Waals surface area contributed by atoms with Crippen molar-refractivity contribution in [2.24, 2.45) is 17.6 Å². The van der Waals surface area contributed by atoms with Gasteiger partial charge in [-0.25, -0.2) is 0 Å². The monoisotopic (exact) mass is 269 g/mol. The number of nitrogens with zero attached hydrogens (tertiary/aromatic N) is 1. The van der Waals surface area contributed by atoms with Gasteiger partial charge in [-0.05, 0) is 31.8 Å². The van der Waals surface area contributed by atoms with E-state index < -0.39 is 0 Å². The number of ether oxygens (including phenoxy) is 1. The van der Waals surface area contributed by atoms with E-state index in [0.717, 1.165) is 19.6 Å². The molecule has 0 radical (unpaired) electrons. The molecule has 0 aromatic rings. The fourth-order valence-corrected chi connectivity index (χ4v) is 3.04. The van der Waals surface area contributed by atoms with Gasteiger partial charge < -0.3 is 15.8 Å². The molecule has 2 rings (SSSR count). The molecule has 110 valence electrons. The van der Waals surface area contributed by atoms with Crippen molar-refractivity contribution < 1.29 is 9.53 Å². The van der Waals surface area contributed by atoms with Gasteiger partial charge in [0.25, 0.3) is 0 Å². The van der Waals surface area contributed by atoms with Crippen molar-refractivity contribution in [2.75, 3.05) is 32.8 Å². The number of hydrogen-bond acceptors (Lipinski definition) is 4. The van der Waals surface area contributed by atoms with Gasteiger partial charge in [0.1, 0.15) is 0 Å². The normalized spacial score (nSPS) is 29.9. The van der Waals surface area contributed by atoms with Crippen molar-refractivity contribution in [3.05, 3.63) is 0 Å². The smallest absolute Gasteiger partial charge is 0.227 e. The zero-order chi connectivity index (χ0) is 13.8. The summed E-state index contributed by atoms with van der Waals surface area (Å²) in [5.41, 5.74) is 5.87. The Bertz CT molecular complexity index is 303. The SMILES string of the molecule is CC(C)C(CNC(=O)C1COCC1N)N1CCCC1. The molecule has 2 saturated heterocycles. The van der Waals surface area contributed by atoms with Crippen molar-refractivity contribution >= 4 is 5.91 Å². The largest absolute Gasteiger partial charge is 0.379 e. The second kappa shape index (κ2) is 6.68. The number of likely N-dealkylation sites (tertiary alicyclic amines) is 1.